The number of carbonyl (C=O) groups excluding carboxylic acids is 1. The summed E-state index contributed by atoms with van der Waals surface area (Å²) in [7, 11) is 0. The van der Waals surface area contributed by atoms with Crippen LogP contribution in [0.3, 0.4) is 0 Å². The maximum absolute atomic E-state index is 13.6. The van der Waals surface area contributed by atoms with E-state index in [1.165, 1.54) is 12.1 Å². The van der Waals surface area contributed by atoms with Crippen LogP contribution in [-0.2, 0) is 11.3 Å². The van der Waals surface area contributed by atoms with Gasteiger partial charge < -0.3 is 10.0 Å². The summed E-state index contributed by atoms with van der Waals surface area (Å²) < 4.78 is 15.3. The summed E-state index contributed by atoms with van der Waals surface area (Å²) in [5.74, 6) is -2.64. The van der Waals surface area contributed by atoms with Crippen LogP contribution >= 0.6 is 0 Å². The van der Waals surface area contributed by atoms with Crippen LogP contribution < -0.4 is 0 Å². The van der Waals surface area contributed by atoms with E-state index in [9.17, 15) is 19.1 Å². The minimum absolute atomic E-state index is 0.0985. The Balaban J connectivity index is 1.90. The average Bonchev–Trinajstić information content (AvgIpc) is 3.26. The monoisotopic (exact) mass is 373 g/mol. The van der Waals surface area contributed by atoms with Crippen molar-refractivity contribution >= 4 is 11.9 Å². The van der Waals surface area contributed by atoms with Crippen LogP contribution in [0, 0.1) is 11.7 Å². The van der Waals surface area contributed by atoms with Crippen molar-refractivity contribution in [2.45, 2.75) is 39.2 Å². The van der Waals surface area contributed by atoms with Crippen molar-refractivity contribution in [3.05, 3.63) is 53.1 Å². The van der Waals surface area contributed by atoms with E-state index in [2.05, 4.69) is 5.10 Å². The van der Waals surface area contributed by atoms with Crippen LogP contribution in [-0.4, -0.2) is 44.8 Å². The molecule has 3 rings (SSSR count). The average molecular weight is 373 g/mol. The number of aromatic nitrogens is 2. The van der Waals surface area contributed by atoms with Crippen molar-refractivity contribution < 1.29 is 19.1 Å². The van der Waals surface area contributed by atoms with Gasteiger partial charge in [-0.2, -0.15) is 5.10 Å². The lowest BCUT2D eigenvalue weighted by Gasteiger charge is -2.17. The first kappa shape index (κ1) is 19.1. The lowest BCUT2D eigenvalue weighted by Crippen LogP contribution is -2.31. The molecule has 0 saturated carbocycles. The van der Waals surface area contributed by atoms with Crippen molar-refractivity contribution in [2.75, 3.05) is 13.1 Å². The molecule has 27 heavy (non-hydrogen) atoms. The first-order chi connectivity index (χ1) is 12.8. The number of hydrogen-bond donors (Lipinski definition) is 1. The highest BCUT2D eigenvalue weighted by atomic mass is 19.1. The first-order valence-electron chi connectivity index (χ1n) is 9.17. The molecular weight excluding hydrogens is 349 g/mol. The highest BCUT2D eigenvalue weighted by Gasteiger charge is 2.41. The third kappa shape index (κ3) is 3.72. The Hall–Kier alpha value is -2.70. The van der Waals surface area contributed by atoms with Gasteiger partial charge >= 0.3 is 5.97 Å². The number of carboxylic acid groups (broad SMARTS) is 1. The molecule has 1 aliphatic heterocycles. The van der Waals surface area contributed by atoms with Gasteiger partial charge in [0.2, 0.25) is 0 Å². The van der Waals surface area contributed by atoms with Gasteiger partial charge in [-0.05, 0) is 36.6 Å². The molecule has 0 aliphatic carbocycles. The van der Waals surface area contributed by atoms with Crippen LogP contribution in [0.5, 0.6) is 0 Å². The molecule has 0 bridgehead atoms. The van der Waals surface area contributed by atoms with Gasteiger partial charge in [-0.3, -0.25) is 14.3 Å². The van der Waals surface area contributed by atoms with Crippen LogP contribution in [0.15, 0.2) is 30.3 Å². The summed E-state index contributed by atoms with van der Waals surface area (Å²) in [5.41, 5.74) is 1.89. The van der Waals surface area contributed by atoms with Gasteiger partial charge in [0.15, 0.2) is 0 Å². The van der Waals surface area contributed by atoms with Crippen molar-refractivity contribution in [3.63, 3.8) is 0 Å². The van der Waals surface area contributed by atoms with E-state index in [1.807, 2.05) is 20.8 Å². The number of rotatable bonds is 5. The number of halogens is 1. The van der Waals surface area contributed by atoms with E-state index < -0.39 is 23.6 Å². The SMILES string of the molecule is CCn1nc(C(C)C)cc1C(=O)N1C[C@H](C(=O)O)[C@@H](c2cccc(F)c2)C1. The van der Waals surface area contributed by atoms with Crippen molar-refractivity contribution in [1.29, 1.82) is 0 Å². The van der Waals surface area contributed by atoms with E-state index >= 15 is 0 Å². The number of nitrogens with zero attached hydrogens (tertiary/aromatic N) is 3. The molecule has 1 N–H and O–H groups in total. The third-order valence-corrected chi connectivity index (χ3v) is 5.11. The number of aryl methyl sites for hydroxylation is 1. The predicted molar refractivity (Wildman–Crippen MR) is 98.2 cm³/mol. The fourth-order valence-corrected chi connectivity index (χ4v) is 3.59. The van der Waals surface area contributed by atoms with E-state index in [4.69, 9.17) is 0 Å². The number of hydrogen-bond acceptors (Lipinski definition) is 3. The molecule has 1 aliphatic rings. The zero-order valence-electron chi connectivity index (χ0n) is 15.7. The summed E-state index contributed by atoms with van der Waals surface area (Å²) in [6.07, 6.45) is 0. The molecule has 1 aromatic heterocycles. The Morgan fingerprint density at radius 2 is 2.04 bits per heavy atom. The molecule has 1 fully saturated rings. The minimum atomic E-state index is -0.980. The summed E-state index contributed by atoms with van der Waals surface area (Å²) in [4.78, 5) is 26.4. The zero-order valence-corrected chi connectivity index (χ0v) is 15.7. The number of likely N-dealkylation sites (tertiary alicyclic amines) is 1. The van der Waals surface area contributed by atoms with Crippen molar-refractivity contribution in [3.8, 4) is 0 Å². The molecule has 6 nitrogen and oxygen atoms in total. The van der Waals surface area contributed by atoms with E-state index in [0.717, 1.165) is 5.69 Å². The fraction of sp³-hybridized carbons (Fsp3) is 0.450. The smallest absolute Gasteiger partial charge is 0.308 e. The second-order valence-corrected chi connectivity index (χ2v) is 7.24. The second-order valence-electron chi connectivity index (χ2n) is 7.24. The maximum atomic E-state index is 13.6. The molecule has 1 saturated heterocycles. The van der Waals surface area contributed by atoms with Crippen LogP contribution in [0.4, 0.5) is 4.39 Å². The van der Waals surface area contributed by atoms with Gasteiger partial charge in [-0.1, -0.05) is 26.0 Å². The van der Waals surface area contributed by atoms with Crippen LogP contribution in [0.25, 0.3) is 0 Å². The quantitative estimate of drug-likeness (QED) is 0.874. The molecule has 2 aromatic rings. The highest BCUT2D eigenvalue weighted by molar-refractivity contribution is 5.93. The summed E-state index contributed by atoms with van der Waals surface area (Å²) in [6, 6.07) is 7.73. The lowest BCUT2D eigenvalue weighted by molar-refractivity contribution is -0.141. The number of amides is 1. The molecule has 0 radical (unpaired) electrons. The zero-order chi connectivity index (χ0) is 19.7. The molecule has 1 aromatic carbocycles. The standard InChI is InChI=1S/C20H24FN3O3/c1-4-24-18(9-17(22-24)12(2)3)19(25)23-10-15(16(11-23)20(26)27)13-6-5-7-14(21)8-13/h5-9,12,15-16H,4,10-11H2,1-3H3,(H,26,27)/t15-,16+/m1/s1. The largest absolute Gasteiger partial charge is 0.481 e. The highest BCUT2D eigenvalue weighted by Crippen LogP contribution is 2.34. The van der Waals surface area contributed by atoms with E-state index in [-0.39, 0.29) is 24.9 Å². The molecule has 144 valence electrons. The minimum Gasteiger partial charge on any atom is -0.481 e. The molecule has 0 spiro atoms. The molecule has 1 amide bonds. The second kappa shape index (κ2) is 7.50. The van der Waals surface area contributed by atoms with Gasteiger partial charge in [-0.25, -0.2) is 4.39 Å². The van der Waals surface area contributed by atoms with Gasteiger partial charge in [0, 0.05) is 25.6 Å². The van der Waals surface area contributed by atoms with E-state index in [1.54, 1.807) is 27.8 Å². The predicted octanol–water partition coefficient (Wildman–Crippen LogP) is 3.11. The number of carbonyl (C=O) groups is 2. The summed E-state index contributed by atoms with van der Waals surface area (Å²) in [6.45, 7) is 6.82. The van der Waals surface area contributed by atoms with Crippen molar-refractivity contribution in [1.82, 2.24) is 14.7 Å². The molecule has 7 heteroatoms. The van der Waals surface area contributed by atoms with Crippen LogP contribution in [0.2, 0.25) is 0 Å². The Morgan fingerprint density at radius 1 is 1.30 bits per heavy atom. The molecule has 2 heterocycles. The molecule has 2 atom stereocenters. The van der Waals surface area contributed by atoms with Gasteiger partial charge in [0.05, 0.1) is 11.6 Å². The van der Waals surface area contributed by atoms with Crippen molar-refractivity contribution in [2.24, 2.45) is 5.92 Å². The Bertz CT molecular complexity index is 862. The van der Waals surface area contributed by atoms with Gasteiger partial charge in [-0.15, -0.1) is 0 Å². The maximum Gasteiger partial charge on any atom is 0.308 e. The Morgan fingerprint density at radius 3 is 2.63 bits per heavy atom. The summed E-state index contributed by atoms with van der Waals surface area (Å²) >= 11 is 0. The fourth-order valence-electron chi connectivity index (χ4n) is 3.59. The number of benzene rings is 1. The van der Waals surface area contributed by atoms with Gasteiger partial charge in [0.25, 0.3) is 5.91 Å². The van der Waals surface area contributed by atoms with Crippen LogP contribution in [0.1, 0.15) is 54.4 Å². The number of carboxylic acids is 1. The first-order valence-corrected chi connectivity index (χ1v) is 9.17. The van der Waals surface area contributed by atoms with Gasteiger partial charge in [0.1, 0.15) is 11.5 Å². The topological polar surface area (TPSA) is 75.4 Å². The number of aliphatic carboxylic acids is 1. The molecular formula is C20H24FN3O3. The Kier molecular flexibility index (Phi) is 5.30. The lowest BCUT2D eigenvalue weighted by atomic mass is 9.89. The molecule has 0 unspecified atom stereocenters. The normalized spacial score (nSPS) is 19.7. The van der Waals surface area contributed by atoms with E-state index in [0.29, 0.717) is 17.8 Å². The summed E-state index contributed by atoms with van der Waals surface area (Å²) in [5, 5.41) is 14.1. The third-order valence-electron chi connectivity index (χ3n) is 5.11. The Labute approximate surface area is 157 Å².